The molecule has 3 rings (SSSR count). The SMILES string of the molecule is Cc1csc(=O)n1CC(=O)N(Cc1ccc(F)cc1)C1CC1. The zero-order valence-electron chi connectivity index (χ0n) is 12.3. The van der Waals surface area contributed by atoms with E-state index >= 15 is 0 Å². The maximum Gasteiger partial charge on any atom is 0.307 e. The highest BCUT2D eigenvalue weighted by molar-refractivity contribution is 7.07. The van der Waals surface area contributed by atoms with Gasteiger partial charge in [-0.2, -0.15) is 0 Å². The molecule has 1 aliphatic rings. The molecule has 1 aromatic carbocycles. The second-order valence-corrected chi connectivity index (χ2v) is 6.43. The van der Waals surface area contributed by atoms with Gasteiger partial charge in [0.25, 0.3) is 0 Å². The van der Waals surface area contributed by atoms with Gasteiger partial charge in [-0.3, -0.25) is 14.2 Å². The van der Waals surface area contributed by atoms with Crippen LogP contribution >= 0.6 is 11.3 Å². The highest BCUT2D eigenvalue weighted by Crippen LogP contribution is 2.28. The van der Waals surface area contributed by atoms with Gasteiger partial charge in [0.15, 0.2) is 0 Å². The third-order valence-corrected chi connectivity index (χ3v) is 4.72. The Balaban J connectivity index is 1.75. The van der Waals surface area contributed by atoms with Crippen LogP contribution in [0.4, 0.5) is 4.39 Å². The predicted molar refractivity (Wildman–Crippen MR) is 83.3 cm³/mol. The summed E-state index contributed by atoms with van der Waals surface area (Å²) in [5.74, 6) is -0.344. The van der Waals surface area contributed by atoms with Crippen LogP contribution in [0.1, 0.15) is 24.1 Å². The van der Waals surface area contributed by atoms with Crippen LogP contribution in [0.2, 0.25) is 0 Å². The molecule has 0 saturated heterocycles. The topological polar surface area (TPSA) is 42.3 Å². The first-order valence-electron chi connectivity index (χ1n) is 7.23. The molecule has 0 atom stereocenters. The first-order chi connectivity index (χ1) is 10.5. The Hall–Kier alpha value is -1.95. The van der Waals surface area contributed by atoms with E-state index in [2.05, 4.69) is 0 Å². The lowest BCUT2D eigenvalue weighted by Gasteiger charge is -2.23. The minimum Gasteiger partial charge on any atom is -0.334 e. The number of nitrogens with zero attached hydrogens (tertiary/aromatic N) is 2. The van der Waals surface area contributed by atoms with Crippen molar-refractivity contribution in [2.45, 2.75) is 38.9 Å². The number of amides is 1. The van der Waals surface area contributed by atoms with E-state index in [1.807, 2.05) is 6.92 Å². The first-order valence-corrected chi connectivity index (χ1v) is 8.11. The van der Waals surface area contributed by atoms with Gasteiger partial charge in [0.1, 0.15) is 12.4 Å². The summed E-state index contributed by atoms with van der Waals surface area (Å²) in [5.41, 5.74) is 1.71. The molecule has 1 saturated carbocycles. The summed E-state index contributed by atoms with van der Waals surface area (Å²) in [4.78, 5) is 26.0. The number of benzene rings is 1. The van der Waals surface area contributed by atoms with Crippen molar-refractivity contribution in [1.29, 1.82) is 0 Å². The highest BCUT2D eigenvalue weighted by atomic mass is 32.1. The fourth-order valence-corrected chi connectivity index (χ4v) is 3.15. The van der Waals surface area contributed by atoms with Gasteiger partial charge >= 0.3 is 4.87 Å². The van der Waals surface area contributed by atoms with Crippen molar-refractivity contribution in [3.63, 3.8) is 0 Å². The summed E-state index contributed by atoms with van der Waals surface area (Å²) in [5, 5.41) is 1.76. The lowest BCUT2D eigenvalue weighted by Crippen LogP contribution is -2.37. The van der Waals surface area contributed by atoms with E-state index in [1.165, 1.54) is 16.7 Å². The van der Waals surface area contributed by atoms with Crippen LogP contribution in [0.15, 0.2) is 34.4 Å². The van der Waals surface area contributed by atoms with Crippen LogP contribution in [0.5, 0.6) is 0 Å². The predicted octanol–water partition coefficient (Wildman–Crippen LogP) is 2.55. The van der Waals surface area contributed by atoms with Crippen LogP contribution in [0.25, 0.3) is 0 Å². The molecular formula is C16H17FN2O2S. The smallest absolute Gasteiger partial charge is 0.307 e. The molecule has 2 aromatic rings. The van der Waals surface area contributed by atoms with Crippen LogP contribution in [-0.2, 0) is 17.9 Å². The molecule has 0 N–H and O–H groups in total. The van der Waals surface area contributed by atoms with Crippen molar-refractivity contribution in [2.24, 2.45) is 0 Å². The zero-order chi connectivity index (χ0) is 15.7. The number of hydrogen-bond donors (Lipinski definition) is 0. The zero-order valence-corrected chi connectivity index (χ0v) is 13.1. The fourth-order valence-electron chi connectivity index (χ4n) is 2.42. The minimum atomic E-state index is -0.284. The van der Waals surface area contributed by atoms with Gasteiger partial charge in [-0.1, -0.05) is 23.5 Å². The third kappa shape index (κ3) is 3.27. The summed E-state index contributed by atoms with van der Waals surface area (Å²) in [7, 11) is 0. The summed E-state index contributed by atoms with van der Waals surface area (Å²) in [6.07, 6.45) is 1.98. The first kappa shape index (κ1) is 15.0. The quantitative estimate of drug-likeness (QED) is 0.850. The second-order valence-electron chi connectivity index (χ2n) is 5.61. The lowest BCUT2D eigenvalue weighted by atomic mass is 10.2. The van der Waals surface area contributed by atoms with Crippen molar-refractivity contribution < 1.29 is 9.18 Å². The number of halogens is 1. The van der Waals surface area contributed by atoms with Gasteiger partial charge in [-0.05, 0) is 37.5 Å². The normalized spacial score (nSPS) is 14.1. The molecule has 1 heterocycles. The summed E-state index contributed by atoms with van der Waals surface area (Å²) >= 11 is 1.11. The van der Waals surface area contributed by atoms with E-state index in [9.17, 15) is 14.0 Å². The number of thiazole rings is 1. The second kappa shape index (κ2) is 6.04. The van der Waals surface area contributed by atoms with Gasteiger partial charge < -0.3 is 4.90 Å². The van der Waals surface area contributed by atoms with Crippen LogP contribution in [0, 0.1) is 12.7 Å². The molecular weight excluding hydrogens is 303 g/mol. The third-order valence-electron chi connectivity index (χ3n) is 3.84. The van der Waals surface area contributed by atoms with E-state index < -0.39 is 0 Å². The van der Waals surface area contributed by atoms with Crippen LogP contribution in [-0.4, -0.2) is 21.4 Å². The van der Waals surface area contributed by atoms with Gasteiger partial charge in [-0.15, -0.1) is 0 Å². The Morgan fingerprint density at radius 2 is 2.05 bits per heavy atom. The highest BCUT2D eigenvalue weighted by Gasteiger charge is 2.32. The summed E-state index contributed by atoms with van der Waals surface area (Å²) in [6.45, 7) is 2.36. The van der Waals surface area contributed by atoms with Gasteiger partial charge in [0, 0.05) is 23.7 Å². The Morgan fingerprint density at radius 3 is 2.59 bits per heavy atom. The van der Waals surface area contributed by atoms with Gasteiger partial charge in [0.2, 0.25) is 5.91 Å². The van der Waals surface area contributed by atoms with E-state index in [1.54, 1.807) is 22.4 Å². The van der Waals surface area contributed by atoms with Crippen molar-refractivity contribution in [3.05, 3.63) is 56.4 Å². The van der Waals surface area contributed by atoms with Crippen LogP contribution < -0.4 is 4.87 Å². The molecule has 0 radical (unpaired) electrons. The molecule has 0 aliphatic heterocycles. The Labute approximate surface area is 131 Å². The number of rotatable bonds is 5. The maximum atomic E-state index is 13.0. The van der Waals surface area contributed by atoms with Crippen molar-refractivity contribution in [3.8, 4) is 0 Å². The van der Waals surface area contributed by atoms with Crippen molar-refractivity contribution in [2.75, 3.05) is 0 Å². The van der Waals surface area contributed by atoms with E-state index in [4.69, 9.17) is 0 Å². The molecule has 1 aromatic heterocycles. The Morgan fingerprint density at radius 1 is 1.36 bits per heavy atom. The van der Waals surface area contributed by atoms with E-state index in [0.29, 0.717) is 6.54 Å². The maximum absolute atomic E-state index is 13.0. The molecule has 0 spiro atoms. The Bertz CT molecular complexity index is 731. The average molecular weight is 320 g/mol. The standard InChI is InChI=1S/C16H17FN2O2S/c1-11-10-22-16(21)18(11)9-15(20)19(14-6-7-14)8-12-2-4-13(17)5-3-12/h2-5,10,14H,6-9H2,1H3. The molecule has 1 fully saturated rings. The average Bonchev–Trinajstić information content (AvgIpc) is 3.29. The molecule has 1 aliphatic carbocycles. The summed E-state index contributed by atoms with van der Waals surface area (Å²) in [6, 6.07) is 6.43. The molecule has 6 heteroatoms. The number of carbonyl (C=O) groups excluding carboxylic acids is 1. The van der Waals surface area contributed by atoms with E-state index in [0.717, 1.165) is 35.4 Å². The lowest BCUT2D eigenvalue weighted by molar-refractivity contribution is -0.133. The fraction of sp³-hybridized carbons (Fsp3) is 0.375. The van der Waals surface area contributed by atoms with Gasteiger partial charge in [-0.25, -0.2) is 4.39 Å². The molecule has 0 bridgehead atoms. The molecule has 116 valence electrons. The number of aromatic nitrogens is 1. The van der Waals surface area contributed by atoms with Crippen LogP contribution in [0.3, 0.4) is 0 Å². The number of hydrogen-bond acceptors (Lipinski definition) is 3. The number of carbonyl (C=O) groups is 1. The Kier molecular flexibility index (Phi) is 4.11. The van der Waals surface area contributed by atoms with Gasteiger partial charge in [0.05, 0.1) is 0 Å². The summed E-state index contributed by atoms with van der Waals surface area (Å²) < 4.78 is 14.5. The van der Waals surface area contributed by atoms with Crippen molar-refractivity contribution in [1.82, 2.24) is 9.47 Å². The minimum absolute atomic E-state index is 0.0598. The molecule has 1 amide bonds. The monoisotopic (exact) mass is 320 g/mol. The van der Waals surface area contributed by atoms with Crippen molar-refractivity contribution >= 4 is 17.2 Å². The molecule has 4 nitrogen and oxygen atoms in total. The van der Waals surface area contributed by atoms with E-state index in [-0.39, 0.29) is 29.2 Å². The number of aryl methyl sites for hydroxylation is 1. The largest absolute Gasteiger partial charge is 0.334 e. The molecule has 0 unspecified atom stereocenters. The molecule has 22 heavy (non-hydrogen) atoms.